The first-order valence-electron chi connectivity index (χ1n) is 7.70. The number of para-hydroxylation sites is 1. The molecule has 2 aromatic carbocycles. The van der Waals surface area contributed by atoms with E-state index in [1.54, 1.807) is 49.4 Å². The molecule has 0 fully saturated rings. The molecule has 2 aromatic rings. The van der Waals surface area contributed by atoms with Crippen LogP contribution in [0.4, 0.5) is 5.69 Å². The predicted molar refractivity (Wildman–Crippen MR) is 89.4 cm³/mol. The van der Waals surface area contributed by atoms with Gasteiger partial charge in [0.2, 0.25) is 0 Å². The molecule has 0 amide bonds. The quantitative estimate of drug-likeness (QED) is 0.476. The van der Waals surface area contributed by atoms with Crippen LogP contribution in [-0.4, -0.2) is 22.6 Å². The fourth-order valence-corrected chi connectivity index (χ4v) is 2.42. The van der Waals surface area contributed by atoms with Crippen LogP contribution in [0.5, 0.6) is 0 Å². The lowest BCUT2D eigenvalue weighted by Crippen LogP contribution is -2.07. The Balaban J connectivity index is 2.11. The summed E-state index contributed by atoms with van der Waals surface area (Å²) >= 11 is 0. The summed E-state index contributed by atoms with van der Waals surface area (Å²) in [5.74, 6) is -0.340. The van der Waals surface area contributed by atoms with Gasteiger partial charge >= 0.3 is 5.97 Å². The Labute approximate surface area is 139 Å². The van der Waals surface area contributed by atoms with Crippen LogP contribution in [0.3, 0.4) is 0 Å². The normalized spacial score (nSPS) is 11.8. The number of ether oxygens (including phenoxy) is 1. The van der Waals surface area contributed by atoms with E-state index in [0.717, 1.165) is 0 Å². The standard InChI is InChI=1S/C18H19NO5/c1-2-24-18(21)12-11-17(20)14-9-7-13(8-10-14)15-5-3-4-6-16(15)19(22)23/h3-10,17,20H,2,11-12H2,1H3. The van der Waals surface area contributed by atoms with Crippen LogP contribution in [-0.2, 0) is 9.53 Å². The zero-order valence-corrected chi connectivity index (χ0v) is 13.3. The lowest BCUT2D eigenvalue weighted by molar-refractivity contribution is -0.384. The van der Waals surface area contributed by atoms with Crippen molar-refractivity contribution in [1.82, 2.24) is 0 Å². The molecule has 1 N–H and O–H groups in total. The number of nitro groups is 1. The highest BCUT2D eigenvalue weighted by Crippen LogP contribution is 2.30. The summed E-state index contributed by atoms with van der Waals surface area (Å²) in [5.41, 5.74) is 1.91. The molecule has 126 valence electrons. The highest BCUT2D eigenvalue weighted by atomic mass is 16.6. The fraction of sp³-hybridized carbons (Fsp3) is 0.278. The van der Waals surface area contributed by atoms with E-state index in [2.05, 4.69) is 0 Å². The van der Waals surface area contributed by atoms with E-state index in [1.165, 1.54) is 6.07 Å². The van der Waals surface area contributed by atoms with Crippen molar-refractivity contribution >= 4 is 11.7 Å². The van der Waals surface area contributed by atoms with Gasteiger partial charge in [-0.3, -0.25) is 14.9 Å². The second kappa shape index (κ2) is 8.21. The topological polar surface area (TPSA) is 89.7 Å². The van der Waals surface area contributed by atoms with Crippen molar-refractivity contribution in [2.24, 2.45) is 0 Å². The van der Waals surface area contributed by atoms with Gasteiger partial charge in [0.05, 0.1) is 23.2 Å². The van der Waals surface area contributed by atoms with E-state index < -0.39 is 11.0 Å². The molecule has 0 aliphatic rings. The third-order valence-corrected chi connectivity index (χ3v) is 3.63. The van der Waals surface area contributed by atoms with Gasteiger partial charge in [0.15, 0.2) is 0 Å². The first kappa shape index (κ1) is 17.6. The van der Waals surface area contributed by atoms with E-state index in [9.17, 15) is 20.0 Å². The van der Waals surface area contributed by atoms with Gasteiger partial charge in [0, 0.05) is 12.5 Å². The summed E-state index contributed by atoms with van der Waals surface area (Å²) in [7, 11) is 0. The number of aliphatic hydroxyl groups excluding tert-OH is 1. The van der Waals surface area contributed by atoms with E-state index in [-0.39, 0.29) is 24.5 Å². The second-order valence-corrected chi connectivity index (χ2v) is 5.26. The van der Waals surface area contributed by atoms with Crippen LogP contribution in [0.1, 0.15) is 31.4 Å². The lowest BCUT2D eigenvalue weighted by Gasteiger charge is -2.11. The maximum Gasteiger partial charge on any atom is 0.305 e. The molecule has 1 atom stereocenters. The highest BCUT2D eigenvalue weighted by Gasteiger charge is 2.15. The summed E-state index contributed by atoms with van der Waals surface area (Å²) in [6.07, 6.45) is -0.376. The van der Waals surface area contributed by atoms with Gasteiger partial charge in [-0.2, -0.15) is 0 Å². The molecular formula is C18H19NO5. The van der Waals surface area contributed by atoms with Crippen molar-refractivity contribution in [3.63, 3.8) is 0 Å². The molecule has 0 heterocycles. The SMILES string of the molecule is CCOC(=O)CCC(O)c1ccc(-c2ccccc2[N+](=O)[O-])cc1. The van der Waals surface area contributed by atoms with Crippen LogP contribution in [0.25, 0.3) is 11.1 Å². The average molecular weight is 329 g/mol. The summed E-state index contributed by atoms with van der Waals surface area (Å²) in [5, 5.41) is 21.2. The minimum Gasteiger partial charge on any atom is -0.466 e. The van der Waals surface area contributed by atoms with E-state index >= 15 is 0 Å². The van der Waals surface area contributed by atoms with Gasteiger partial charge in [0.25, 0.3) is 5.69 Å². The lowest BCUT2D eigenvalue weighted by atomic mass is 9.99. The minimum atomic E-state index is -0.783. The van der Waals surface area contributed by atoms with E-state index in [4.69, 9.17) is 4.74 Å². The molecule has 0 spiro atoms. The smallest absolute Gasteiger partial charge is 0.305 e. The van der Waals surface area contributed by atoms with Crippen molar-refractivity contribution < 1.29 is 19.6 Å². The van der Waals surface area contributed by atoms with Crippen LogP contribution >= 0.6 is 0 Å². The number of benzene rings is 2. The van der Waals surface area contributed by atoms with Crippen molar-refractivity contribution in [1.29, 1.82) is 0 Å². The van der Waals surface area contributed by atoms with Gasteiger partial charge in [-0.05, 0) is 30.5 Å². The first-order chi connectivity index (χ1) is 11.5. The predicted octanol–water partition coefficient (Wildman–Crippen LogP) is 3.64. The third kappa shape index (κ3) is 4.39. The Morgan fingerprint density at radius 2 is 1.88 bits per heavy atom. The molecule has 2 rings (SSSR count). The largest absolute Gasteiger partial charge is 0.466 e. The van der Waals surface area contributed by atoms with Crippen LogP contribution in [0.2, 0.25) is 0 Å². The fourth-order valence-electron chi connectivity index (χ4n) is 2.42. The maximum absolute atomic E-state index is 11.3. The van der Waals surface area contributed by atoms with Crippen LogP contribution in [0.15, 0.2) is 48.5 Å². The number of esters is 1. The summed E-state index contributed by atoms with van der Waals surface area (Å²) in [6.45, 7) is 2.05. The Morgan fingerprint density at radius 1 is 1.21 bits per heavy atom. The number of rotatable bonds is 7. The zero-order valence-electron chi connectivity index (χ0n) is 13.3. The molecule has 1 unspecified atom stereocenters. The Bertz CT molecular complexity index is 712. The van der Waals surface area contributed by atoms with Crippen LogP contribution < -0.4 is 0 Å². The molecule has 6 nitrogen and oxygen atoms in total. The summed E-state index contributed by atoms with van der Waals surface area (Å²) < 4.78 is 4.83. The summed E-state index contributed by atoms with van der Waals surface area (Å²) in [4.78, 5) is 22.0. The van der Waals surface area contributed by atoms with Gasteiger partial charge in [-0.15, -0.1) is 0 Å². The molecule has 0 saturated carbocycles. The van der Waals surface area contributed by atoms with Gasteiger partial charge in [-0.1, -0.05) is 36.4 Å². The monoisotopic (exact) mass is 329 g/mol. The maximum atomic E-state index is 11.3. The molecule has 0 saturated heterocycles. The Kier molecular flexibility index (Phi) is 6.03. The zero-order chi connectivity index (χ0) is 17.5. The molecule has 0 aromatic heterocycles. The number of hydrogen-bond acceptors (Lipinski definition) is 5. The highest BCUT2D eigenvalue weighted by molar-refractivity contribution is 5.73. The summed E-state index contributed by atoms with van der Waals surface area (Å²) in [6, 6.07) is 13.4. The number of nitro benzene ring substituents is 1. The van der Waals surface area contributed by atoms with E-state index in [0.29, 0.717) is 23.3 Å². The second-order valence-electron chi connectivity index (χ2n) is 5.26. The number of aliphatic hydroxyl groups is 1. The first-order valence-corrected chi connectivity index (χ1v) is 7.70. The van der Waals surface area contributed by atoms with E-state index in [1.807, 2.05) is 0 Å². The van der Waals surface area contributed by atoms with Crippen molar-refractivity contribution in [2.45, 2.75) is 25.9 Å². The number of carbonyl (C=O) groups is 1. The van der Waals surface area contributed by atoms with Crippen molar-refractivity contribution in [3.05, 3.63) is 64.2 Å². The minimum absolute atomic E-state index is 0.0353. The molecule has 24 heavy (non-hydrogen) atoms. The molecule has 0 aliphatic heterocycles. The Hall–Kier alpha value is -2.73. The van der Waals surface area contributed by atoms with Crippen molar-refractivity contribution in [3.8, 4) is 11.1 Å². The number of hydrogen-bond donors (Lipinski definition) is 1. The molecule has 0 aliphatic carbocycles. The van der Waals surface area contributed by atoms with Gasteiger partial charge in [-0.25, -0.2) is 0 Å². The Morgan fingerprint density at radius 3 is 2.50 bits per heavy atom. The van der Waals surface area contributed by atoms with Crippen molar-refractivity contribution in [2.75, 3.05) is 6.61 Å². The van der Waals surface area contributed by atoms with Gasteiger partial charge in [0.1, 0.15) is 0 Å². The molecular weight excluding hydrogens is 310 g/mol. The third-order valence-electron chi connectivity index (χ3n) is 3.63. The molecule has 6 heteroatoms. The van der Waals surface area contributed by atoms with Gasteiger partial charge < -0.3 is 9.84 Å². The van der Waals surface area contributed by atoms with Crippen LogP contribution in [0, 0.1) is 10.1 Å². The average Bonchev–Trinajstić information content (AvgIpc) is 2.60. The molecule has 0 radical (unpaired) electrons. The molecule has 0 bridgehead atoms. The number of nitrogens with zero attached hydrogens (tertiary/aromatic N) is 1. The number of carbonyl (C=O) groups excluding carboxylic acids is 1.